The van der Waals surface area contributed by atoms with Crippen molar-refractivity contribution in [1.82, 2.24) is 24.1 Å². The molecule has 3 heterocycles. The van der Waals surface area contributed by atoms with E-state index in [9.17, 15) is 9.59 Å². The summed E-state index contributed by atoms with van der Waals surface area (Å²) in [6, 6.07) is 15.5. The Kier molecular flexibility index (Phi) is 5.79. The van der Waals surface area contributed by atoms with Gasteiger partial charge in [0.2, 0.25) is 5.78 Å². The largest absolute Gasteiger partial charge is 0.465 e. The second-order valence-electron chi connectivity index (χ2n) is 8.62. The van der Waals surface area contributed by atoms with Gasteiger partial charge in [-0.25, -0.2) is 4.79 Å². The van der Waals surface area contributed by atoms with Crippen LogP contribution in [0.3, 0.4) is 0 Å². The number of aromatic nitrogens is 4. The first kappa shape index (κ1) is 22.1. The zero-order valence-electron chi connectivity index (χ0n) is 19.6. The van der Waals surface area contributed by atoms with Crippen molar-refractivity contribution in [3.8, 4) is 0 Å². The van der Waals surface area contributed by atoms with E-state index in [4.69, 9.17) is 4.74 Å². The number of fused-ring (bicyclic) bond motifs is 3. The van der Waals surface area contributed by atoms with Gasteiger partial charge in [-0.15, -0.1) is 10.2 Å². The van der Waals surface area contributed by atoms with Crippen molar-refractivity contribution in [2.75, 3.05) is 31.6 Å². The van der Waals surface area contributed by atoms with Crippen LogP contribution < -0.4 is 10.5 Å². The van der Waals surface area contributed by atoms with Crippen molar-refractivity contribution in [3.63, 3.8) is 0 Å². The highest BCUT2D eigenvalue weighted by Gasteiger charge is 2.26. The summed E-state index contributed by atoms with van der Waals surface area (Å²) < 4.78 is 8.49. The number of hydrogen-bond acceptors (Lipinski definition) is 7. The minimum Gasteiger partial charge on any atom is -0.465 e. The summed E-state index contributed by atoms with van der Waals surface area (Å²) >= 11 is 0. The quantitative estimate of drug-likeness (QED) is 0.423. The number of hydrogen-bond donors (Lipinski definition) is 0. The summed E-state index contributed by atoms with van der Waals surface area (Å²) in [7, 11) is 1.39. The molecule has 1 atom stereocenters. The van der Waals surface area contributed by atoms with Crippen molar-refractivity contribution in [2.24, 2.45) is 0 Å². The number of carbonyl (C=O) groups is 1. The smallest absolute Gasteiger partial charge is 0.337 e. The van der Waals surface area contributed by atoms with E-state index in [1.165, 1.54) is 7.11 Å². The molecule has 9 nitrogen and oxygen atoms in total. The van der Waals surface area contributed by atoms with Crippen molar-refractivity contribution in [2.45, 2.75) is 33.0 Å². The van der Waals surface area contributed by atoms with Gasteiger partial charge in [-0.1, -0.05) is 12.1 Å². The number of rotatable bonds is 5. The molecule has 0 saturated carbocycles. The predicted octanol–water partition coefficient (Wildman–Crippen LogP) is 2.56. The normalized spacial score (nSPS) is 16.9. The highest BCUT2D eigenvalue weighted by Crippen LogP contribution is 2.22. The molecule has 1 aliphatic rings. The maximum Gasteiger partial charge on any atom is 0.337 e. The Bertz CT molecular complexity index is 1410. The van der Waals surface area contributed by atoms with Gasteiger partial charge in [0.15, 0.2) is 5.82 Å². The van der Waals surface area contributed by atoms with E-state index in [1.54, 1.807) is 16.7 Å². The molecule has 1 aliphatic heterocycles. The molecule has 0 aliphatic carbocycles. The van der Waals surface area contributed by atoms with E-state index in [-0.39, 0.29) is 17.6 Å². The van der Waals surface area contributed by atoms with Gasteiger partial charge in [0.05, 0.1) is 30.1 Å². The second kappa shape index (κ2) is 8.90. The van der Waals surface area contributed by atoms with E-state index >= 15 is 0 Å². The molecule has 5 rings (SSSR count). The Balaban J connectivity index is 1.39. The lowest BCUT2D eigenvalue weighted by molar-refractivity contribution is 0.0600. The molecule has 1 unspecified atom stereocenters. The molecule has 2 aromatic carbocycles. The summed E-state index contributed by atoms with van der Waals surface area (Å²) in [5.41, 5.74) is 2.44. The van der Waals surface area contributed by atoms with Crippen LogP contribution in [0.2, 0.25) is 0 Å². The Morgan fingerprint density at radius 2 is 1.85 bits per heavy atom. The summed E-state index contributed by atoms with van der Waals surface area (Å²) in [4.78, 5) is 29.3. The molecular formula is C25H28N6O3. The fourth-order valence-corrected chi connectivity index (χ4v) is 4.77. The third kappa shape index (κ3) is 3.71. The SMILES string of the molecule is CCn1c(=O)c2ccccc2n2c(CN3CCN(c4ccc(C(=O)OC)cc4)CC3C)nnc12. The Morgan fingerprint density at radius 1 is 1.09 bits per heavy atom. The van der Waals surface area contributed by atoms with Crippen molar-refractivity contribution in [1.29, 1.82) is 0 Å². The van der Waals surface area contributed by atoms with Crippen LogP contribution in [0, 0.1) is 0 Å². The van der Waals surface area contributed by atoms with Crippen LogP contribution in [-0.4, -0.2) is 62.8 Å². The van der Waals surface area contributed by atoms with Crippen molar-refractivity contribution < 1.29 is 9.53 Å². The second-order valence-corrected chi connectivity index (χ2v) is 8.62. The van der Waals surface area contributed by atoms with Gasteiger partial charge in [0.25, 0.3) is 5.56 Å². The van der Waals surface area contributed by atoms with E-state index in [1.807, 2.05) is 47.7 Å². The zero-order valence-corrected chi connectivity index (χ0v) is 19.6. The van der Waals surface area contributed by atoms with Gasteiger partial charge < -0.3 is 9.64 Å². The number of methoxy groups -OCH3 is 1. The Labute approximate surface area is 197 Å². The van der Waals surface area contributed by atoms with Crippen LogP contribution in [0.5, 0.6) is 0 Å². The highest BCUT2D eigenvalue weighted by atomic mass is 16.5. The Hall–Kier alpha value is -3.72. The van der Waals surface area contributed by atoms with E-state index < -0.39 is 0 Å². The summed E-state index contributed by atoms with van der Waals surface area (Å²) in [6.45, 7) is 7.91. The average Bonchev–Trinajstić information content (AvgIpc) is 3.28. The highest BCUT2D eigenvalue weighted by molar-refractivity contribution is 5.89. The van der Waals surface area contributed by atoms with Crippen LogP contribution in [0.4, 0.5) is 5.69 Å². The monoisotopic (exact) mass is 460 g/mol. The number of anilines is 1. The molecule has 0 radical (unpaired) electrons. The number of esters is 1. The van der Waals surface area contributed by atoms with Crippen LogP contribution in [0.1, 0.15) is 30.0 Å². The molecule has 2 aromatic heterocycles. The number of ether oxygens (including phenoxy) is 1. The number of carbonyl (C=O) groups excluding carboxylic acids is 1. The summed E-state index contributed by atoms with van der Waals surface area (Å²) in [5, 5.41) is 9.55. The summed E-state index contributed by atoms with van der Waals surface area (Å²) in [6.07, 6.45) is 0. The molecule has 0 amide bonds. The van der Waals surface area contributed by atoms with Crippen molar-refractivity contribution >= 4 is 28.3 Å². The van der Waals surface area contributed by atoms with Gasteiger partial charge in [-0.3, -0.25) is 18.7 Å². The van der Waals surface area contributed by atoms with Crippen molar-refractivity contribution in [3.05, 3.63) is 70.3 Å². The van der Waals surface area contributed by atoms with Gasteiger partial charge in [-0.2, -0.15) is 0 Å². The van der Waals surface area contributed by atoms with Gasteiger partial charge in [-0.05, 0) is 50.2 Å². The number of nitrogens with zero attached hydrogens (tertiary/aromatic N) is 6. The van der Waals surface area contributed by atoms with Gasteiger partial charge in [0, 0.05) is 37.9 Å². The lowest BCUT2D eigenvalue weighted by Crippen LogP contribution is -2.51. The molecule has 1 fully saturated rings. The average molecular weight is 461 g/mol. The predicted molar refractivity (Wildman–Crippen MR) is 130 cm³/mol. The minimum atomic E-state index is -0.328. The Morgan fingerprint density at radius 3 is 2.56 bits per heavy atom. The van der Waals surface area contributed by atoms with Gasteiger partial charge >= 0.3 is 5.97 Å². The first-order chi connectivity index (χ1) is 16.5. The topological polar surface area (TPSA) is 85.0 Å². The number of aryl methyl sites for hydroxylation is 1. The van der Waals surface area contributed by atoms with Crippen LogP contribution in [0.25, 0.3) is 16.7 Å². The maximum absolute atomic E-state index is 12.9. The zero-order chi connectivity index (χ0) is 23.8. The third-order valence-electron chi connectivity index (χ3n) is 6.65. The molecule has 4 aromatic rings. The summed E-state index contributed by atoms with van der Waals surface area (Å²) in [5.74, 6) is 1.08. The third-order valence-corrected chi connectivity index (χ3v) is 6.65. The number of para-hydroxylation sites is 1. The van der Waals surface area contributed by atoms with E-state index in [0.717, 1.165) is 36.7 Å². The molecule has 0 spiro atoms. The molecule has 176 valence electrons. The fourth-order valence-electron chi connectivity index (χ4n) is 4.77. The first-order valence-corrected chi connectivity index (χ1v) is 11.5. The van der Waals surface area contributed by atoms with Crippen LogP contribution in [0.15, 0.2) is 53.3 Å². The van der Waals surface area contributed by atoms with Crippen LogP contribution >= 0.6 is 0 Å². The number of piperazine rings is 1. The molecule has 0 bridgehead atoms. The van der Waals surface area contributed by atoms with Gasteiger partial charge in [0.1, 0.15) is 0 Å². The minimum absolute atomic E-state index is 0.0373. The van der Waals surface area contributed by atoms with E-state index in [0.29, 0.717) is 29.8 Å². The molecule has 0 N–H and O–H groups in total. The molecule has 1 saturated heterocycles. The molecule has 34 heavy (non-hydrogen) atoms. The first-order valence-electron chi connectivity index (χ1n) is 11.5. The lowest BCUT2D eigenvalue weighted by Gasteiger charge is -2.40. The lowest BCUT2D eigenvalue weighted by atomic mass is 10.1. The van der Waals surface area contributed by atoms with Crippen LogP contribution in [-0.2, 0) is 17.8 Å². The van der Waals surface area contributed by atoms with E-state index in [2.05, 4.69) is 26.9 Å². The molecule has 9 heteroatoms. The maximum atomic E-state index is 12.9. The fraction of sp³-hybridized carbons (Fsp3) is 0.360. The standard InChI is InChI=1S/C25H28N6O3/c1-4-30-23(32)20-7-5-6-8-21(20)31-22(26-27-25(30)31)16-28-13-14-29(15-17(28)2)19-11-9-18(10-12-19)24(33)34-3/h5-12,17H,4,13-16H2,1-3H3. The molecular weight excluding hydrogens is 432 g/mol. The number of benzene rings is 2.